The fourth-order valence-electron chi connectivity index (χ4n) is 1.91. The molecule has 1 aromatic rings. The molecule has 0 radical (unpaired) electrons. The van der Waals surface area contributed by atoms with Crippen molar-refractivity contribution in [3.8, 4) is 5.75 Å². The summed E-state index contributed by atoms with van der Waals surface area (Å²) in [6.45, 7) is 2.19. The number of likely N-dealkylation sites (N-methyl/N-ethyl adjacent to an activating group) is 1. The summed E-state index contributed by atoms with van der Waals surface area (Å²) in [7, 11) is 1.49. The van der Waals surface area contributed by atoms with E-state index in [1.807, 2.05) is 0 Å². The van der Waals surface area contributed by atoms with Crippen molar-refractivity contribution in [1.29, 1.82) is 0 Å². The minimum Gasteiger partial charge on any atom is -0.474 e. The van der Waals surface area contributed by atoms with Crippen LogP contribution < -0.4 is 15.4 Å². The Balaban J connectivity index is 2.14. The Hall–Kier alpha value is -2.15. The summed E-state index contributed by atoms with van der Waals surface area (Å²) in [5.74, 6) is -0.211. The predicted molar refractivity (Wildman–Crippen MR) is 77.1 cm³/mol. The summed E-state index contributed by atoms with van der Waals surface area (Å²) in [5, 5.41) is 16.8. The molecule has 2 N–H and O–H groups in total. The van der Waals surface area contributed by atoms with Crippen molar-refractivity contribution in [1.82, 2.24) is 10.6 Å². The number of ether oxygens (including phenoxy) is 1. The van der Waals surface area contributed by atoms with Gasteiger partial charge in [0.2, 0.25) is 0 Å². The highest BCUT2D eigenvalue weighted by Crippen LogP contribution is 2.29. The third kappa shape index (κ3) is 4.16. The van der Waals surface area contributed by atoms with Gasteiger partial charge in [0, 0.05) is 25.7 Å². The molecule has 7 heteroatoms. The van der Waals surface area contributed by atoms with Gasteiger partial charge in [-0.05, 0) is 31.4 Å². The second kappa shape index (κ2) is 6.53. The number of nitrogens with zero attached hydrogens (tertiary/aromatic N) is 1. The quantitative estimate of drug-likeness (QED) is 0.585. The molecule has 1 amide bonds. The number of nitro groups is 1. The van der Waals surface area contributed by atoms with Gasteiger partial charge in [-0.3, -0.25) is 14.9 Å². The van der Waals surface area contributed by atoms with Crippen molar-refractivity contribution in [2.45, 2.75) is 38.5 Å². The number of carbonyl (C=O) groups is 1. The highest BCUT2D eigenvalue weighted by atomic mass is 16.6. The molecule has 0 spiro atoms. The van der Waals surface area contributed by atoms with Gasteiger partial charge < -0.3 is 15.4 Å². The third-order valence-electron chi connectivity index (χ3n) is 3.31. The molecule has 1 aromatic carbocycles. The maximum Gasteiger partial charge on any atom is 0.310 e. The largest absolute Gasteiger partial charge is 0.474 e. The molecule has 1 atom stereocenters. The molecule has 0 saturated heterocycles. The van der Waals surface area contributed by atoms with Gasteiger partial charge in [0.25, 0.3) is 5.91 Å². The van der Waals surface area contributed by atoms with Crippen molar-refractivity contribution in [2.24, 2.45) is 0 Å². The Morgan fingerprint density at radius 2 is 2.24 bits per heavy atom. The van der Waals surface area contributed by atoms with E-state index in [9.17, 15) is 14.9 Å². The van der Waals surface area contributed by atoms with Crippen molar-refractivity contribution >= 4 is 11.6 Å². The van der Waals surface area contributed by atoms with Crippen LogP contribution in [0.25, 0.3) is 0 Å². The van der Waals surface area contributed by atoms with Crippen molar-refractivity contribution < 1.29 is 14.5 Å². The second-order valence-electron chi connectivity index (χ2n) is 5.09. The van der Waals surface area contributed by atoms with Gasteiger partial charge in [-0.25, -0.2) is 0 Å². The van der Waals surface area contributed by atoms with Crippen molar-refractivity contribution in [3.63, 3.8) is 0 Å². The predicted octanol–water partition coefficient (Wildman–Crippen LogP) is 1.36. The van der Waals surface area contributed by atoms with Crippen LogP contribution in [0, 0.1) is 10.1 Å². The van der Waals surface area contributed by atoms with E-state index in [0.29, 0.717) is 12.6 Å². The van der Waals surface area contributed by atoms with Gasteiger partial charge in [-0.15, -0.1) is 0 Å². The molecule has 2 rings (SSSR count). The molecule has 1 aliphatic carbocycles. The summed E-state index contributed by atoms with van der Waals surface area (Å²) >= 11 is 0. The molecule has 0 aliphatic heterocycles. The minimum absolute atomic E-state index is 0.117. The zero-order chi connectivity index (χ0) is 15.4. The normalized spacial score (nSPS) is 15.3. The van der Waals surface area contributed by atoms with Crippen LogP contribution in [-0.2, 0) is 11.3 Å². The van der Waals surface area contributed by atoms with Crippen LogP contribution in [0.2, 0.25) is 0 Å². The van der Waals surface area contributed by atoms with Gasteiger partial charge >= 0.3 is 5.69 Å². The Bertz CT molecular complexity index is 543. The van der Waals surface area contributed by atoms with E-state index >= 15 is 0 Å². The summed E-state index contributed by atoms with van der Waals surface area (Å²) < 4.78 is 5.44. The Morgan fingerprint density at radius 3 is 2.81 bits per heavy atom. The molecular weight excluding hydrogens is 274 g/mol. The molecule has 114 valence electrons. The fourth-order valence-corrected chi connectivity index (χ4v) is 1.91. The highest BCUT2D eigenvalue weighted by Gasteiger charge is 2.23. The molecule has 1 unspecified atom stereocenters. The summed E-state index contributed by atoms with van der Waals surface area (Å²) in [5.41, 5.74) is 0.757. The lowest BCUT2D eigenvalue weighted by atomic mass is 10.2. The average molecular weight is 293 g/mol. The summed E-state index contributed by atoms with van der Waals surface area (Å²) in [6, 6.07) is 5.28. The minimum atomic E-state index is -0.791. The number of nitrogens with one attached hydrogen (secondary N) is 2. The van der Waals surface area contributed by atoms with Gasteiger partial charge in [0.1, 0.15) is 0 Å². The van der Waals surface area contributed by atoms with Crippen molar-refractivity contribution in [2.75, 3.05) is 7.05 Å². The number of nitro benzene ring substituents is 1. The highest BCUT2D eigenvalue weighted by molar-refractivity contribution is 5.80. The summed E-state index contributed by atoms with van der Waals surface area (Å²) in [6.07, 6.45) is 1.55. The third-order valence-corrected chi connectivity index (χ3v) is 3.31. The van der Waals surface area contributed by atoms with Crippen LogP contribution in [0.4, 0.5) is 5.69 Å². The lowest BCUT2D eigenvalue weighted by molar-refractivity contribution is -0.386. The molecule has 1 saturated carbocycles. The van der Waals surface area contributed by atoms with Crippen LogP contribution in [0.3, 0.4) is 0 Å². The van der Waals surface area contributed by atoms with E-state index in [1.54, 1.807) is 19.1 Å². The fraction of sp³-hybridized carbons (Fsp3) is 0.500. The zero-order valence-electron chi connectivity index (χ0n) is 12.1. The molecule has 0 bridgehead atoms. The van der Waals surface area contributed by atoms with Gasteiger partial charge in [-0.2, -0.15) is 0 Å². The van der Waals surface area contributed by atoms with E-state index < -0.39 is 11.0 Å². The standard InChI is InChI=1S/C14H19N3O4/c1-9(14(18)15-2)21-13-7-10(8-16-11-4-5-11)3-6-12(13)17(19)20/h3,6-7,9,11,16H,4-5,8H2,1-2H3,(H,15,18). The molecule has 0 aromatic heterocycles. The van der Waals surface area contributed by atoms with Crippen molar-refractivity contribution in [3.05, 3.63) is 33.9 Å². The Kier molecular flexibility index (Phi) is 4.74. The Morgan fingerprint density at radius 1 is 1.52 bits per heavy atom. The van der Waals surface area contributed by atoms with Gasteiger partial charge in [-0.1, -0.05) is 6.07 Å². The first-order valence-electron chi connectivity index (χ1n) is 6.90. The average Bonchev–Trinajstić information content (AvgIpc) is 3.28. The number of hydrogen-bond acceptors (Lipinski definition) is 5. The number of amides is 1. The summed E-state index contributed by atoms with van der Waals surface area (Å²) in [4.78, 5) is 22.0. The first-order valence-corrected chi connectivity index (χ1v) is 6.90. The van der Waals surface area contributed by atoms with E-state index in [-0.39, 0.29) is 17.3 Å². The van der Waals surface area contributed by atoms with Crippen LogP contribution in [-0.4, -0.2) is 30.0 Å². The number of hydrogen-bond donors (Lipinski definition) is 2. The number of carbonyl (C=O) groups excluding carboxylic acids is 1. The first-order chi connectivity index (χ1) is 10.0. The molecule has 7 nitrogen and oxygen atoms in total. The van der Waals surface area contributed by atoms with E-state index in [2.05, 4.69) is 10.6 Å². The zero-order valence-corrected chi connectivity index (χ0v) is 12.1. The lowest BCUT2D eigenvalue weighted by Crippen LogP contribution is -2.33. The molecule has 21 heavy (non-hydrogen) atoms. The van der Waals surface area contributed by atoms with Gasteiger partial charge in [0.05, 0.1) is 4.92 Å². The first kappa shape index (κ1) is 15.2. The number of benzene rings is 1. The molecule has 1 aliphatic rings. The van der Waals surface area contributed by atoms with E-state index in [0.717, 1.165) is 5.56 Å². The van der Waals surface area contributed by atoms with Crippen LogP contribution in [0.5, 0.6) is 5.75 Å². The smallest absolute Gasteiger partial charge is 0.310 e. The molecular formula is C14H19N3O4. The maximum absolute atomic E-state index is 11.5. The maximum atomic E-state index is 11.5. The van der Waals surface area contributed by atoms with E-state index in [1.165, 1.54) is 26.0 Å². The van der Waals surface area contributed by atoms with E-state index in [4.69, 9.17) is 4.74 Å². The second-order valence-corrected chi connectivity index (χ2v) is 5.09. The van der Waals surface area contributed by atoms with Crippen LogP contribution >= 0.6 is 0 Å². The van der Waals surface area contributed by atoms with Gasteiger partial charge in [0.15, 0.2) is 11.9 Å². The topological polar surface area (TPSA) is 93.5 Å². The van der Waals surface area contributed by atoms with Crippen LogP contribution in [0.1, 0.15) is 25.3 Å². The molecule has 0 heterocycles. The lowest BCUT2D eigenvalue weighted by Gasteiger charge is -2.14. The SMILES string of the molecule is CNC(=O)C(C)Oc1cc(CNC2CC2)ccc1[N+](=O)[O-]. The Labute approximate surface area is 122 Å². The number of rotatable bonds is 7. The monoisotopic (exact) mass is 293 g/mol. The van der Waals surface area contributed by atoms with Crippen LogP contribution in [0.15, 0.2) is 18.2 Å². The molecule has 1 fully saturated rings.